The van der Waals surface area contributed by atoms with E-state index in [0.29, 0.717) is 0 Å². The van der Waals surface area contributed by atoms with Crippen LogP contribution in [0, 0.1) is 5.92 Å². The highest BCUT2D eigenvalue weighted by Crippen LogP contribution is 2.55. The number of carbonyl (C=O) groups excluding carboxylic acids is 2. The van der Waals surface area contributed by atoms with Crippen molar-refractivity contribution in [1.82, 2.24) is 0 Å². The van der Waals surface area contributed by atoms with E-state index in [0.717, 1.165) is 5.56 Å². The van der Waals surface area contributed by atoms with Crippen molar-refractivity contribution in [1.29, 1.82) is 0 Å². The Kier molecular flexibility index (Phi) is 7.14. The lowest BCUT2D eigenvalue weighted by Crippen LogP contribution is -2.49. The molecule has 0 saturated carbocycles. The minimum atomic E-state index is -4.21. The zero-order chi connectivity index (χ0) is 18.4. The smallest absolute Gasteiger partial charge is 0.336 e. The van der Waals surface area contributed by atoms with Gasteiger partial charge in [0.05, 0.1) is 13.0 Å². The third-order valence-corrected chi connectivity index (χ3v) is 6.64. The lowest BCUT2D eigenvalue weighted by molar-refractivity contribution is -0.149. The summed E-state index contributed by atoms with van der Waals surface area (Å²) in [6, 6.07) is 8.91. The molecule has 0 aromatic heterocycles. The van der Waals surface area contributed by atoms with E-state index in [2.05, 4.69) is 4.74 Å². The average Bonchev–Trinajstić information content (AvgIpc) is 2.58. The SMILES string of the molecule is CCC(N)(C(=O)OCc1ccccc1)P(=O)(O)CC(C)C(=O)OC. The molecule has 1 rings (SSSR count). The van der Waals surface area contributed by atoms with E-state index in [1.165, 1.54) is 21.0 Å². The zero-order valence-corrected chi connectivity index (χ0v) is 15.0. The van der Waals surface area contributed by atoms with Crippen LogP contribution in [-0.4, -0.2) is 35.4 Å². The fourth-order valence-corrected chi connectivity index (χ4v) is 4.25. The molecule has 1 aromatic carbocycles. The van der Waals surface area contributed by atoms with Gasteiger partial charge in [-0.1, -0.05) is 44.2 Å². The highest BCUT2D eigenvalue weighted by atomic mass is 31.2. The quantitative estimate of drug-likeness (QED) is 0.539. The Morgan fingerprint density at radius 3 is 2.42 bits per heavy atom. The summed E-state index contributed by atoms with van der Waals surface area (Å²) in [6.45, 7) is 2.92. The van der Waals surface area contributed by atoms with Crippen molar-refractivity contribution in [3.05, 3.63) is 35.9 Å². The molecule has 0 saturated heterocycles. The molecule has 0 bridgehead atoms. The molecular formula is C16H24NO6P. The Balaban J connectivity index is 2.87. The summed E-state index contributed by atoms with van der Waals surface area (Å²) in [7, 11) is -3.03. The molecule has 0 amide bonds. The second kappa shape index (κ2) is 8.42. The van der Waals surface area contributed by atoms with Crippen molar-refractivity contribution in [2.45, 2.75) is 32.2 Å². The molecule has 7 nitrogen and oxygen atoms in total. The van der Waals surface area contributed by atoms with Crippen LogP contribution in [0.4, 0.5) is 0 Å². The van der Waals surface area contributed by atoms with Crippen molar-refractivity contribution in [3.63, 3.8) is 0 Å². The number of ether oxygens (including phenoxy) is 2. The predicted octanol–water partition coefficient (Wildman–Crippen LogP) is 1.87. The number of methoxy groups -OCH3 is 1. The first-order valence-corrected chi connectivity index (χ1v) is 9.42. The number of carbonyl (C=O) groups is 2. The predicted molar refractivity (Wildman–Crippen MR) is 89.3 cm³/mol. The van der Waals surface area contributed by atoms with Crippen molar-refractivity contribution in [2.75, 3.05) is 13.3 Å². The number of hydrogen-bond donors (Lipinski definition) is 2. The molecule has 8 heteroatoms. The largest absolute Gasteiger partial charge is 0.469 e. The van der Waals surface area contributed by atoms with Crippen LogP contribution in [-0.2, 0) is 30.2 Å². The van der Waals surface area contributed by atoms with Crippen LogP contribution < -0.4 is 5.73 Å². The van der Waals surface area contributed by atoms with E-state index in [1.54, 1.807) is 24.3 Å². The molecule has 0 spiro atoms. The first-order valence-electron chi connectivity index (χ1n) is 7.57. The number of nitrogens with two attached hydrogens (primary N) is 1. The van der Waals surface area contributed by atoms with Gasteiger partial charge in [0.1, 0.15) is 6.61 Å². The minimum absolute atomic E-state index is 0.0504. The molecule has 0 aliphatic rings. The minimum Gasteiger partial charge on any atom is -0.469 e. The fraction of sp³-hybridized carbons (Fsp3) is 0.500. The zero-order valence-electron chi connectivity index (χ0n) is 14.1. The average molecular weight is 357 g/mol. The number of benzene rings is 1. The molecule has 0 radical (unpaired) electrons. The molecular weight excluding hydrogens is 333 g/mol. The summed E-state index contributed by atoms with van der Waals surface area (Å²) < 4.78 is 22.3. The van der Waals surface area contributed by atoms with Gasteiger partial charge in [0, 0.05) is 6.16 Å². The van der Waals surface area contributed by atoms with Gasteiger partial charge in [-0.25, -0.2) is 4.79 Å². The second-order valence-corrected chi connectivity index (χ2v) is 8.21. The van der Waals surface area contributed by atoms with E-state index in [4.69, 9.17) is 10.5 Å². The number of esters is 2. The monoisotopic (exact) mass is 357 g/mol. The maximum absolute atomic E-state index is 12.7. The third kappa shape index (κ3) is 4.66. The second-order valence-electron chi connectivity index (χ2n) is 5.65. The van der Waals surface area contributed by atoms with Gasteiger partial charge in [-0.3, -0.25) is 9.36 Å². The topological polar surface area (TPSA) is 116 Å². The van der Waals surface area contributed by atoms with Crippen molar-refractivity contribution in [3.8, 4) is 0 Å². The Morgan fingerprint density at radius 2 is 1.92 bits per heavy atom. The lowest BCUT2D eigenvalue weighted by atomic mass is 10.2. The first-order chi connectivity index (χ1) is 11.2. The summed E-state index contributed by atoms with van der Waals surface area (Å²) >= 11 is 0. The van der Waals surface area contributed by atoms with Gasteiger partial charge in [-0.15, -0.1) is 0 Å². The Hall–Kier alpha value is -1.69. The van der Waals surface area contributed by atoms with Gasteiger partial charge in [-0.2, -0.15) is 0 Å². The Labute approximate surface area is 141 Å². The van der Waals surface area contributed by atoms with E-state index >= 15 is 0 Å². The van der Waals surface area contributed by atoms with Crippen LogP contribution >= 0.6 is 7.37 Å². The van der Waals surface area contributed by atoms with Gasteiger partial charge in [0.2, 0.25) is 7.37 Å². The summed E-state index contributed by atoms with van der Waals surface area (Å²) in [5.74, 6) is -2.46. The number of rotatable bonds is 8. The van der Waals surface area contributed by atoms with Crippen LogP contribution in [0.15, 0.2) is 30.3 Å². The van der Waals surface area contributed by atoms with Crippen LogP contribution in [0.3, 0.4) is 0 Å². The Bertz CT molecular complexity index is 620. The number of hydrogen-bond acceptors (Lipinski definition) is 6. The molecule has 0 aliphatic heterocycles. The standard InChI is InChI=1S/C16H24NO6P/c1-4-16(17,24(20,21)11-12(2)14(18)22-3)15(19)23-10-13-8-6-5-7-9-13/h5-9,12H,4,10-11,17H2,1-3H3,(H,20,21). The molecule has 0 heterocycles. The molecule has 3 N–H and O–H groups in total. The summed E-state index contributed by atoms with van der Waals surface area (Å²) in [4.78, 5) is 34.2. The van der Waals surface area contributed by atoms with E-state index in [-0.39, 0.29) is 13.0 Å². The maximum Gasteiger partial charge on any atom is 0.336 e. The molecule has 0 fully saturated rings. The van der Waals surface area contributed by atoms with Gasteiger partial charge in [0.15, 0.2) is 5.28 Å². The maximum atomic E-state index is 12.7. The fourth-order valence-electron chi connectivity index (χ4n) is 2.19. The van der Waals surface area contributed by atoms with Crippen LogP contribution in [0.5, 0.6) is 0 Å². The van der Waals surface area contributed by atoms with E-state index < -0.39 is 36.7 Å². The van der Waals surface area contributed by atoms with Gasteiger partial charge in [-0.05, 0) is 12.0 Å². The van der Waals surface area contributed by atoms with E-state index in [9.17, 15) is 19.0 Å². The molecule has 3 unspecified atom stereocenters. The molecule has 0 aliphatic carbocycles. The van der Waals surface area contributed by atoms with Crippen molar-refractivity contribution in [2.24, 2.45) is 11.7 Å². The van der Waals surface area contributed by atoms with Crippen LogP contribution in [0.2, 0.25) is 0 Å². The van der Waals surface area contributed by atoms with E-state index in [1.807, 2.05) is 6.07 Å². The normalized spacial score (nSPS) is 17.2. The Morgan fingerprint density at radius 1 is 1.33 bits per heavy atom. The first kappa shape index (κ1) is 20.4. The summed E-state index contributed by atoms with van der Waals surface area (Å²) in [5.41, 5.74) is 6.67. The molecule has 1 aromatic rings. The van der Waals surface area contributed by atoms with Gasteiger partial charge >= 0.3 is 11.9 Å². The highest BCUT2D eigenvalue weighted by Gasteiger charge is 2.51. The van der Waals surface area contributed by atoms with Crippen molar-refractivity contribution >= 4 is 19.3 Å². The van der Waals surface area contributed by atoms with Crippen LogP contribution in [0.25, 0.3) is 0 Å². The molecule has 3 atom stereocenters. The van der Waals surface area contributed by atoms with Gasteiger partial charge in [0.25, 0.3) is 0 Å². The summed E-state index contributed by atoms with van der Waals surface area (Å²) in [6.07, 6.45) is -0.549. The summed E-state index contributed by atoms with van der Waals surface area (Å²) in [5, 5.41) is -2.07. The highest BCUT2D eigenvalue weighted by molar-refractivity contribution is 7.60. The lowest BCUT2D eigenvalue weighted by Gasteiger charge is -2.31. The third-order valence-electron chi connectivity index (χ3n) is 3.85. The van der Waals surface area contributed by atoms with Crippen LogP contribution in [0.1, 0.15) is 25.8 Å². The van der Waals surface area contributed by atoms with Gasteiger partial charge < -0.3 is 20.1 Å². The molecule has 134 valence electrons. The van der Waals surface area contributed by atoms with Crippen molar-refractivity contribution < 1.29 is 28.5 Å². The molecule has 24 heavy (non-hydrogen) atoms.